The molecule has 0 aliphatic heterocycles. The summed E-state index contributed by atoms with van der Waals surface area (Å²) >= 11 is 3.76. The van der Waals surface area contributed by atoms with Gasteiger partial charge in [-0.15, -0.1) is 0 Å². The van der Waals surface area contributed by atoms with Gasteiger partial charge in [-0.25, -0.2) is 0 Å². The fourth-order valence-electron chi connectivity index (χ4n) is 2.63. The van der Waals surface area contributed by atoms with Crippen LogP contribution in [0, 0.1) is 5.92 Å². The molecular formula is C14H23BrN2. The lowest BCUT2D eigenvalue weighted by Gasteiger charge is -2.24. The van der Waals surface area contributed by atoms with Crippen molar-refractivity contribution in [3.05, 3.63) is 18.0 Å². The van der Waals surface area contributed by atoms with Crippen LogP contribution in [-0.4, -0.2) is 14.6 Å². The Hall–Kier alpha value is -0.310. The number of rotatable bonds is 4. The lowest BCUT2D eigenvalue weighted by atomic mass is 9.86. The van der Waals surface area contributed by atoms with Crippen LogP contribution in [-0.2, 0) is 6.42 Å². The van der Waals surface area contributed by atoms with Crippen LogP contribution in [0.1, 0.15) is 57.7 Å². The molecule has 1 fully saturated rings. The minimum absolute atomic E-state index is 0.527. The molecule has 96 valence electrons. The predicted molar refractivity (Wildman–Crippen MR) is 75.6 cm³/mol. The van der Waals surface area contributed by atoms with Crippen molar-refractivity contribution in [2.45, 2.75) is 63.2 Å². The largest absolute Gasteiger partial charge is 0.270 e. The molecule has 1 aromatic rings. The Labute approximate surface area is 113 Å². The molecule has 1 aromatic heterocycles. The van der Waals surface area contributed by atoms with Crippen LogP contribution in [0.3, 0.4) is 0 Å². The molecule has 17 heavy (non-hydrogen) atoms. The first-order valence-electron chi connectivity index (χ1n) is 6.87. The molecule has 1 aliphatic carbocycles. The highest BCUT2D eigenvalue weighted by molar-refractivity contribution is 9.09. The molecule has 0 spiro atoms. The van der Waals surface area contributed by atoms with Crippen LogP contribution in [0.2, 0.25) is 0 Å². The molecule has 0 bridgehead atoms. The lowest BCUT2D eigenvalue weighted by Crippen LogP contribution is -2.17. The molecule has 0 N–H and O–H groups in total. The van der Waals surface area contributed by atoms with E-state index in [0.29, 0.717) is 6.04 Å². The molecule has 0 aromatic carbocycles. The number of hydrogen-bond donors (Lipinski definition) is 0. The Bertz CT molecular complexity index is 348. The van der Waals surface area contributed by atoms with Crippen LogP contribution in [0.25, 0.3) is 0 Å². The first-order chi connectivity index (χ1) is 8.19. The molecular weight excluding hydrogens is 276 g/mol. The molecule has 3 atom stereocenters. The number of nitrogens with zero attached hydrogens (tertiary/aromatic N) is 2. The molecule has 2 rings (SSSR count). The van der Waals surface area contributed by atoms with Crippen LogP contribution in [0.5, 0.6) is 0 Å². The Morgan fingerprint density at radius 1 is 1.53 bits per heavy atom. The summed E-state index contributed by atoms with van der Waals surface area (Å²) in [6, 6.07) is 2.73. The first-order valence-corrected chi connectivity index (χ1v) is 7.78. The molecule has 2 nitrogen and oxygen atoms in total. The molecule has 1 aliphatic rings. The van der Waals surface area contributed by atoms with Crippen molar-refractivity contribution in [1.29, 1.82) is 0 Å². The quantitative estimate of drug-likeness (QED) is 0.756. The highest BCUT2D eigenvalue weighted by Gasteiger charge is 2.21. The number of alkyl halides is 1. The second-order valence-electron chi connectivity index (χ2n) is 5.38. The fourth-order valence-corrected chi connectivity index (χ4v) is 3.48. The van der Waals surface area contributed by atoms with Gasteiger partial charge in [-0.1, -0.05) is 29.3 Å². The zero-order chi connectivity index (χ0) is 12.3. The van der Waals surface area contributed by atoms with Crippen LogP contribution >= 0.6 is 15.9 Å². The molecule has 1 saturated carbocycles. The molecule has 3 unspecified atom stereocenters. The SMILES string of the molecule is CCC(C)n1ccc(CC2CCCC(Br)C2)n1. The van der Waals surface area contributed by atoms with E-state index in [9.17, 15) is 0 Å². The van der Waals surface area contributed by atoms with Gasteiger partial charge >= 0.3 is 0 Å². The molecule has 1 heterocycles. The van der Waals surface area contributed by atoms with Gasteiger partial charge < -0.3 is 0 Å². The van der Waals surface area contributed by atoms with E-state index >= 15 is 0 Å². The van der Waals surface area contributed by atoms with Gasteiger partial charge in [0.25, 0.3) is 0 Å². The van der Waals surface area contributed by atoms with Gasteiger partial charge in [0.1, 0.15) is 0 Å². The Balaban J connectivity index is 1.92. The summed E-state index contributed by atoms with van der Waals surface area (Å²) < 4.78 is 2.11. The predicted octanol–water partition coefficient (Wildman–Crippen LogP) is 4.35. The number of hydrogen-bond acceptors (Lipinski definition) is 1. The smallest absolute Gasteiger partial charge is 0.0627 e. The maximum Gasteiger partial charge on any atom is 0.0627 e. The third-order valence-electron chi connectivity index (χ3n) is 3.92. The second-order valence-corrected chi connectivity index (χ2v) is 6.67. The van der Waals surface area contributed by atoms with E-state index in [4.69, 9.17) is 5.10 Å². The molecule has 0 radical (unpaired) electrons. The molecule has 3 heteroatoms. The van der Waals surface area contributed by atoms with E-state index in [2.05, 4.69) is 46.7 Å². The van der Waals surface area contributed by atoms with Gasteiger partial charge in [0.2, 0.25) is 0 Å². The minimum Gasteiger partial charge on any atom is -0.270 e. The van der Waals surface area contributed by atoms with E-state index in [1.54, 1.807) is 0 Å². The first kappa shape index (κ1) is 13.1. The van der Waals surface area contributed by atoms with E-state index < -0.39 is 0 Å². The highest BCUT2D eigenvalue weighted by atomic mass is 79.9. The van der Waals surface area contributed by atoms with Crippen LogP contribution in [0.15, 0.2) is 12.3 Å². The fraction of sp³-hybridized carbons (Fsp3) is 0.786. The van der Waals surface area contributed by atoms with Crippen molar-refractivity contribution in [1.82, 2.24) is 9.78 Å². The lowest BCUT2D eigenvalue weighted by molar-refractivity contribution is 0.362. The van der Waals surface area contributed by atoms with Crippen molar-refractivity contribution >= 4 is 15.9 Å². The van der Waals surface area contributed by atoms with Gasteiger partial charge in [0.15, 0.2) is 0 Å². The van der Waals surface area contributed by atoms with Crippen molar-refractivity contribution in [2.75, 3.05) is 0 Å². The summed E-state index contributed by atoms with van der Waals surface area (Å²) in [6.45, 7) is 4.44. The normalized spacial score (nSPS) is 27.0. The molecule has 0 saturated heterocycles. The third-order valence-corrected chi connectivity index (χ3v) is 4.75. The summed E-state index contributed by atoms with van der Waals surface area (Å²) in [5, 5.41) is 4.70. The Morgan fingerprint density at radius 3 is 3.06 bits per heavy atom. The second kappa shape index (κ2) is 6.03. The standard InChI is InChI=1S/C14H23BrN2/c1-3-11(2)17-8-7-14(16-17)10-12-5-4-6-13(15)9-12/h7-8,11-13H,3-6,9-10H2,1-2H3. The van der Waals surface area contributed by atoms with Gasteiger partial charge in [-0.05, 0) is 51.0 Å². The minimum atomic E-state index is 0.527. The summed E-state index contributed by atoms with van der Waals surface area (Å²) in [4.78, 5) is 0.734. The topological polar surface area (TPSA) is 17.8 Å². The van der Waals surface area contributed by atoms with Crippen LogP contribution < -0.4 is 0 Å². The average molecular weight is 299 g/mol. The van der Waals surface area contributed by atoms with E-state index in [0.717, 1.165) is 23.6 Å². The zero-order valence-corrected chi connectivity index (χ0v) is 12.5. The molecule has 0 amide bonds. The zero-order valence-electron chi connectivity index (χ0n) is 10.9. The summed E-state index contributed by atoms with van der Waals surface area (Å²) in [5.41, 5.74) is 1.27. The Kier molecular flexibility index (Phi) is 4.66. The maximum absolute atomic E-state index is 4.70. The van der Waals surface area contributed by atoms with Crippen molar-refractivity contribution in [3.63, 3.8) is 0 Å². The average Bonchev–Trinajstić information content (AvgIpc) is 2.76. The maximum atomic E-state index is 4.70. The van der Waals surface area contributed by atoms with Gasteiger partial charge in [0, 0.05) is 17.1 Å². The van der Waals surface area contributed by atoms with E-state index in [1.807, 2.05) is 0 Å². The van der Waals surface area contributed by atoms with Crippen LogP contribution in [0.4, 0.5) is 0 Å². The van der Waals surface area contributed by atoms with E-state index in [1.165, 1.54) is 31.4 Å². The van der Waals surface area contributed by atoms with Gasteiger partial charge in [0.05, 0.1) is 5.69 Å². The summed E-state index contributed by atoms with van der Waals surface area (Å²) in [7, 11) is 0. The van der Waals surface area contributed by atoms with Crippen molar-refractivity contribution in [3.8, 4) is 0 Å². The number of aromatic nitrogens is 2. The third kappa shape index (κ3) is 3.57. The monoisotopic (exact) mass is 298 g/mol. The van der Waals surface area contributed by atoms with Crippen molar-refractivity contribution in [2.24, 2.45) is 5.92 Å². The highest BCUT2D eigenvalue weighted by Crippen LogP contribution is 2.31. The van der Waals surface area contributed by atoms with E-state index in [-0.39, 0.29) is 0 Å². The Morgan fingerprint density at radius 2 is 2.35 bits per heavy atom. The summed E-state index contributed by atoms with van der Waals surface area (Å²) in [5.74, 6) is 0.827. The summed E-state index contributed by atoms with van der Waals surface area (Å²) in [6.07, 6.45) is 9.84. The van der Waals surface area contributed by atoms with Gasteiger partial charge in [-0.2, -0.15) is 5.10 Å². The van der Waals surface area contributed by atoms with Crippen molar-refractivity contribution < 1.29 is 0 Å². The van der Waals surface area contributed by atoms with Gasteiger partial charge in [-0.3, -0.25) is 4.68 Å². The number of halogens is 1.